The second-order valence-corrected chi connectivity index (χ2v) is 15.6. The van der Waals surface area contributed by atoms with E-state index in [0.29, 0.717) is 0 Å². The van der Waals surface area contributed by atoms with Crippen molar-refractivity contribution < 1.29 is 0 Å². The van der Waals surface area contributed by atoms with E-state index in [1.165, 1.54) is 66.4 Å². The molecule has 254 valence electrons. The molecule has 2 heteroatoms. The maximum absolute atomic E-state index is 4.75. The molecule has 0 bridgehead atoms. The Morgan fingerprint density at radius 3 is 1.43 bits per heavy atom. The number of hydrogen-bond acceptors (Lipinski definition) is 2. The predicted molar refractivity (Wildman–Crippen MR) is 222 cm³/mol. The summed E-state index contributed by atoms with van der Waals surface area (Å²) in [5.74, 6) is 0. The SMILES string of the molecule is CC1(C)c2ccccc2-c2ccc(N(c3ccc(-c4ccc(-c5nccc6ccccc56)cc4)cc3)c3ccc4c(c3)C(C)(C)c3ccccc3-4)cc21. The van der Waals surface area contributed by atoms with E-state index in [9.17, 15) is 0 Å². The minimum Gasteiger partial charge on any atom is -0.310 e. The Bertz CT molecular complexity index is 2600. The third kappa shape index (κ3) is 4.82. The van der Waals surface area contributed by atoms with Gasteiger partial charge in [0.1, 0.15) is 0 Å². The zero-order valence-corrected chi connectivity index (χ0v) is 30.6. The molecule has 0 radical (unpaired) electrons. The number of anilines is 3. The van der Waals surface area contributed by atoms with Gasteiger partial charge in [0.25, 0.3) is 0 Å². The van der Waals surface area contributed by atoms with Gasteiger partial charge in [0.15, 0.2) is 0 Å². The molecule has 2 aliphatic rings. The van der Waals surface area contributed by atoms with Crippen LogP contribution in [0.3, 0.4) is 0 Å². The summed E-state index contributed by atoms with van der Waals surface area (Å²) in [6, 6.07) is 60.3. The molecule has 0 N–H and O–H groups in total. The van der Waals surface area contributed by atoms with Crippen molar-refractivity contribution in [3.8, 4) is 44.6 Å². The van der Waals surface area contributed by atoms with E-state index < -0.39 is 0 Å². The summed E-state index contributed by atoms with van der Waals surface area (Å²) < 4.78 is 0. The number of pyridine rings is 1. The number of nitrogens with zero attached hydrogens (tertiary/aromatic N) is 2. The van der Waals surface area contributed by atoms with E-state index in [4.69, 9.17) is 4.98 Å². The zero-order valence-electron chi connectivity index (χ0n) is 30.6. The van der Waals surface area contributed by atoms with Gasteiger partial charge in [-0.1, -0.05) is 149 Å². The normalized spacial score (nSPS) is 14.3. The standard InChI is InChI=1S/C51H40N2/c1-50(2)45-15-9-7-13-41(45)43-27-25-38(31-47(43)50)53(39-26-28-44-42-14-8-10-16-46(42)51(3,4)48(44)32-39)37-23-21-34(22-24-37)33-17-19-36(20-18-33)49-40-12-6-5-11-35(40)29-30-52-49/h5-32H,1-4H3. The van der Waals surface area contributed by atoms with Crippen LogP contribution >= 0.6 is 0 Å². The van der Waals surface area contributed by atoms with Gasteiger partial charge in [0.2, 0.25) is 0 Å². The summed E-state index contributed by atoms with van der Waals surface area (Å²) in [5.41, 5.74) is 18.6. The van der Waals surface area contributed by atoms with Crippen molar-refractivity contribution >= 4 is 27.8 Å². The molecule has 10 rings (SSSR count). The van der Waals surface area contributed by atoms with Crippen molar-refractivity contribution in [2.24, 2.45) is 0 Å². The average Bonchev–Trinajstić information content (AvgIpc) is 3.57. The summed E-state index contributed by atoms with van der Waals surface area (Å²) >= 11 is 0. The highest BCUT2D eigenvalue weighted by atomic mass is 15.1. The lowest BCUT2D eigenvalue weighted by atomic mass is 9.82. The van der Waals surface area contributed by atoms with Gasteiger partial charge >= 0.3 is 0 Å². The summed E-state index contributed by atoms with van der Waals surface area (Å²) in [5, 5.41) is 2.37. The maximum atomic E-state index is 4.75. The molecule has 53 heavy (non-hydrogen) atoms. The Hall–Kier alpha value is -6.25. The summed E-state index contributed by atoms with van der Waals surface area (Å²) in [6.45, 7) is 9.43. The van der Waals surface area contributed by atoms with E-state index >= 15 is 0 Å². The minimum atomic E-state index is -0.0905. The molecule has 0 atom stereocenters. The Labute approximate surface area is 312 Å². The van der Waals surface area contributed by atoms with Gasteiger partial charge in [-0.2, -0.15) is 0 Å². The third-order valence-electron chi connectivity index (χ3n) is 11.9. The fourth-order valence-corrected chi connectivity index (χ4v) is 9.08. The second-order valence-electron chi connectivity index (χ2n) is 15.6. The molecule has 0 fully saturated rings. The number of aromatic nitrogens is 1. The fraction of sp³-hybridized carbons (Fsp3) is 0.118. The number of hydrogen-bond donors (Lipinski definition) is 0. The summed E-state index contributed by atoms with van der Waals surface area (Å²) in [6.07, 6.45) is 1.90. The van der Waals surface area contributed by atoms with Gasteiger partial charge in [-0.25, -0.2) is 0 Å². The molecule has 0 saturated heterocycles. The van der Waals surface area contributed by atoms with E-state index in [1.807, 2.05) is 6.20 Å². The molecule has 2 nitrogen and oxygen atoms in total. The fourth-order valence-electron chi connectivity index (χ4n) is 9.08. The van der Waals surface area contributed by atoms with Crippen LogP contribution in [0.4, 0.5) is 17.1 Å². The molecule has 2 aliphatic carbocycles. The molecule has 7 aromatic carbocycles. The van der Waals surface area contributed by atoms with Gasteiger partial charge in [-0.15, -0.1) is 0 Å². The van der Waals surface area contributed by atoms with Crippen LogP contribution in [0.1, 0.15) is 49.9 Å². The van der Waals surface area contributed by atoms with Crippen LogP contribution in [-0.4, -0.2) is 4.98 Å². The molecule has 0 saturated carbocycles. The summed E-state index contributed by atoms with van der Waals surface area (Å²) in [7, 11) is 0. The Morgan fingerprint density at radius 2 is 0.849 bits per heavy atom. The van der Waals surface area contributed by atoms with Crippen molar-refractivity contribution in [2.45, 2.75) is 38.5 Å². The highest BCUT2D eigenvalue weighted by Gasteiger charge is 2.37. The highest BCUT2D eigenvalue weighted by Crippen LogP contribution is 2.53. The Balaban J connectivity index is 1.06. The van der Waals surface area contributed by atoms with Crippen molar-refractivity contribution in [1.29, 1.82) is 0 Å². The van der Waals surface area contributed by atoms with Crippen LogP contribution in [-0.2, 0) is 10.8 Å². The first-order valence-electron chi connectivity index (χ1n) is 18.6. The number of rotatable bonds is 5. The first-order chi connectivity index (χ1) is 25.8. The lowest BCUT2D eigenvalue weighted by Crippen LogP contribution is -2.18. The van der Waals surface area contributed by atoms with Crippen LogP contribution in [0.2, 0.25) is 0 Å². The van der Waals surface area contributed by atoms with Crippen LogP contribution in [0.25, 0.3) is 55.4 Å². The van der Waals surface area contributed by atoms with E-state index in [-0.39, 0.29) is 10.8 Å². The topological polar surface area (TPSA) is 16.1 Å². The maximum Gasteiger partial charge on any atom is 0.0780 e. The largest absolute Gasteiger partial charge is 0.310 e. The van der Waals surface area contributed by atoms with Crippen LogP contribution in [0.15, 0.2) is 170 Å². The molecule has 1 aromatic heterocycles. The van der Waals surface area contributed by atoms with Gasteiger partial charge < -0.3 is 4.90 Å². The van der Waals surface area contributed by atoms with Gasteiger partial charge in [0, 0.05) is 45.0 Å². The summed E-state index contributed by atoms with van der Waals surface area (Å²) in [4.78, 5) is 7.19. The van der Waals surface area contributed by atoms with E-state index in [2.05, 4.69) is 196 Å². The van der Waals surface area contributed by atoms with Crippen molar-refractivity contribution in [2.75, 3.05) is 4.90 Å². The van der Waals surface area contributed by atoms with Crippen molar-refractivity contribution in [3.05, 3.63) is 192 Å². The highest BCUT2D eigenvalue weighted by molar-refractivity contribution is 5.95. The number of fused-ring (bicyclic) bond motifs is 7. The quantitative estimate of drug-likeness (QED) is 0.180. The molecular weight excluding hydrogens is 641 g/mol. The van der Waals surface area contributed by atoms with Gasteiger partial charge in [0.05, 0.1) is 5.69 Å². The lowest BCUT2D eigenvalue weighted by molar-refractivity contribution is 0.660. The minimum absolute atomic E-state index is 0.0905. The van der Waals surface area contributed by atoms with Crippen molar-refractivity contribution in [1.82, 2.24) is 4.98 Å². The third-order valence-corrected chi connectivity index (χ3v) is 11.9. The monoisotopic (exact) mass is 680 g/mol. The Kier molecular flexibility index (Phi) is 6.91. The lowest BCUT2D eigenvalue weighted by Gasteiger charge is -2.30. The van der Waals surface area contributed by atoms with Gasteiger partial charge in [-0.05, 0) is 103 Å². The second kappa shape index (κ2) is 11.6. The number of benzene rings is 7. The smallest absolute Gasteiger partial charge is 0.0780 e. The van der Waals surface area contributed by atoms with Crippen molar-refractivity contribution in [3.63, 3.8) is 0 Å². The predicted octanol–water partition coefficient (Wildman–Crippen LogP) is 13.7. The van der Waals surface area contributed by atoms with E-state index in [1.54, 1.807) is 0 Å². The molecule has 0 unspecified atom stereocenters. The van der Waals surface area contributed by atoms with Crippen LogP contribution < -0.4 is 4.90 Å². The molecular formula is C51H40N2. The first-order valence-corrected chi connectivity index (χ1v) is 18.6. The molecule has 8 aromatic rings. The molecule has 0 aliphatic heterocycles. The molecule has 1 heterocycles. The zero-order chi connectivity index (χ0) is 35.9. The van der Waals surface area contributed by atoms with Gasteiger partial charge in [-0.3, -0.25) is 4.98 Å². The average molecular weight is 681 g/mol. The van der Waals surface area contributed by atoms with Crippen LogP contribution in [0.5, 0.6) is 0 Å². The first kappa shape index (κ1) is 31.5. The molecule has 0 amide bonds. The Morgan fingerprint density at radius 1 is 0.396 bits per heavy atom. The molecule has 0 spiro atoms. The van der Waals surface area contributed by atoms with Crippen LogP contribution in [0, 0.1) is 0 Å². The van der Waals surface area contributed by atoms with E-state index in [0.717, 1.165) is 28.3 Å².